The van der Waals surface area contributed by atoms with Gasteiger partial charge in [-0.05, 0) is 12.1 Å². The summed E-state index contributed by atoms with van der Waals surface area (Å²) in [5, 5.41) is 5.74. The van der Waals surface area contributed by atoms with Crippen molar-refractivity contribution in [3.63, 3.8) is 0 Å². The van der Waals surface area contributed by atoms with E-state index in [-0.39, 0.29) is 4.52 Å². The number of carbonyl (C=O) groups is 2. The highest BCUT2D eigenvalue weighted by molar-refractivity contribution is 5.94. The molecule has 0 aliphatic heterocycles. The first-order chi connectivity index (χ1) is 15.9. The lowest BCUT2D eigenvalue weighted by Crippen LogP contribution is -2.28. The maximum Gasteiger partial charge on any atom is 0.434 e. The minimum absolute atomic E-state index is 0.0237. The number of nitrogens with one attached hydrogen (secondary N) is 2. The van der Waals surface area contributed by atoms with Gasteiger partial charge in [0.15, 0.2) is 11.5 Å². The molecule has 0 unspecified atom stereocenters. The van der Waals surface area contributed by atoms with Crippen LogP contribution in [0.3, 0.4) is 0 Å². The van der Waals surface area contributed by atoms with E-state index in [1.54, 1.807) is 0 Å². The number of pyridine rings is 1. The highest BCUT2D eigenvalue weighted by Gasteiger charge is 2.41. The minimum Gasteiger partial charge on any atom is -0.465 e. The monoisotopic (exact) mass is 505 g/mol. The van der Waals surface area contributed by atoms with Crippen molar-refractivity contribution in [1.29, 1.82) is 0 Å². The number of fused-ring (bicyclic) bond motifs is 1. The fraction of sp³-hybridized carbons (Fsp3) is 0.350. The van der Waals surface area contributed by atoms with Gasteiger partial charge < -0.3 is 15.0 Å². The third kappa shape index (κ3) is 4.97. The highest BCUT2D eigenvalue weighted by Crippen LogP contribution is 2.38. The summed E-state index contributed by atoms with van der Waals surface area (Å²) in [5.41, 5.74) is -8.03. The molecule has 0 saturated carbocycles. The van der Waals surface area contributed by atoms with Gasteiger partial charge in [0, 0.05) is 17.2 Å². The maximum absolute atomic E-state index is 13.8. The van der Waals surface area contributed by atoms with Crippen LogP contribution >= 0.6 is 0 Å². The van der Waals surface area contributed by atoms with E-state index >= 15 is 0 Å². The SMILES string of the molecule is COC(=O)c1cc2c(=O)[nH]c(-c3cnc(NC(=O)C(C)(C)C)cc3C(F)(F)F)nn2c1C(F)(F)F. The van der Waals surface area contributed by atoms with Gasteiger partial charge >= 0.3 is 18.3 Å². The molecule has 0 radical (unpaired) electrons. The summed E-state index contributed by atoms with van der Waals surface area (Å²) in [7, 11) is 0.815. The van der Waals surface area contributed by atoms with Crippen molar-refractivity contribution in [1.82, 2.24) is 19.6 Å². The van der Waals surface area contributed by atoms with Crippen LogP contribution in [-0.4, -0.2) is 38.6 Å². The molecule has 0 aromatic carbocycles. The predicted octanol–water partition coefficient (Wildman–Crippen LogP) is 3.89. The summed E-state index contributed by atoms with van der Waals surface area (Å²) in [6.45, 7) is 4.55. The number of rotatable bonds is 3. The van der Waals surface area contributed by atoms with E-state index in [0.29, 0.717) is 18.3 Å². The normalized spacial score (nSPS) is 12.6. The van der Waals surface area contributed by atoms with Crippen molar-refractivity contribution in [2.75, 3.05) is 12.4 Å². The average molecular weight is 505 g/mol. The summed E-state index contributed by atoms with van der Waals surface area (Å²) >= 11 is 0. The molecule has 0 atom stereocenters. The number of anilines is 1. The van der Waals surface area contributed by atoms with Crippen LogP contribution in [0.2, 0.25) is 0 Å². The van der Waals surface area contributed by atoms with E-state index in [1.165, 1.54) is 20.8 Å². The van der Waals surface area contributed by atoms with Crippen LogP contribution in [-0.2, 0) is 21.9 Å². The number of amides is 1. The fourth-order valence-electron chi connectivity index (χ4n) is 2.97. The van der Waals surface area contributed by atoms with Gasteiger partial charge in [-0.1, -0.05) is 20.8 Å². The molecule has 0 spiro atoms. The van der Waals surface area contributed by atoms with Crippen molar-refractivity contribution in [3.05, 3.63) is 45.5 Å². The van der Waals surface area contributed by atoms with Crippen LogP contribution in [0.25, 0.3) is 16.9 Å². The van der Waals surface area contributed by atoms with Crippen molar-refractivity contribution in [3.8, 4) is 11.4 Å². The van der Waals surface area contributed by atoms with Gasteiger partial charge in [-0.25, -0.2) is 14.3 Å². The zero-order valence-electron chi connectivity index (χ0n) is 18.5. The lowest BCUT2D eigenvalue weighted by molar-refractivity contribution is -0.143. The first kappa shape index (κ1) is 25.7. The number of methoxy groups -OCH3 is 1. The second kappa shape index (κ2) is 8.39. The second-order valence-electron chi connectivity index (χ2n) is 8.31. The third-order valence-electron chi connectivity index (χ3n) is 4.70. The molecule has 3 rings (SSSR count). The lowest BCUT2D eigenvalue weighted by Gasteiger charge is -2.18. The molecular weight excluding hydrogens is 488 g/mol. The molecule has 0 fully saturated rings. The number of aromatic nitrogens is 4. The Labute approximate surface area is 192 Å². The number of esters is 1. The summed E-state index contributed by atoms with van der Waals surface area (Å²) in [5.74, 6) is -3.46. The van der Waals surface area contributed by atoms with Crippen LogP contribution in [0.1, 0.15) is 42.4 Å². The third-order valence-corrected chi connectivity index (χ3v) is 4.70. The number of H-pyrrole nitrogens is 1. The molecular formula is C20H17F6N5O4. The van der Waals surface area contributed by atoms with Crippen molar-refractivity contribution in [2.24, 2.45) is 5.41 Å². The maximum atomic E-state index is 13.8. The van der Waals surface area contributed by atoms with Gasteiger partial charge in [0.05, 0.1) is 18.2 Å². The largest absolute Gasteiger partial charge is 0.465 e. The summed E-state index contributed by atoms with van der Waals surface area (Å²) in [4.78, 5) is 42.1. The van der Waals surface area contributed by atoms with Crippen LogP contribution < -0.4 is 10.9 Å². The summed E-state index contributed by atoms with van der Waals surface area (Å²) < 4.78 is 86.9. The Bertz CT molecular complexity index is 1380. The van der Waals surface area contributed by atoms with E-state index in [2.05, 4.69) is 20.1 Å². The molecule has 9 nitrogen and oxygen atoms in total. The van der Waals surface area contributed by atoms with Gasteiger partial charge in [-0.3, -0.25) is 9.59 Å². The molecule has 0 bridgehead atoms. The molecule has 3 aromatic rings. The summed E-state index contributed by atoms with van der Waals surface area (Å²) in [6.07, 6.45) is -9.70. The zero-order valence-corrected chi connectivity index (χ0v) is 18.5. The Morgan fingerprint density at radius 1 is 1.06 bits per heavy atom. The number of halogens is 6. The molecule has 3 heterocycles. The van der Waals surface area contributed by atoms with Crippen LogP contribution in [0.5, 0.6) is 0 Å². The molecule has 188 valence electrons. The average Bonchev–Trinajstić information content (AvgIpc) is 3.12. The fourth-order valence-corrected chi connectivity index (χ4v) is 2.97. The smallest absolute Gasteiger partial charge is 0.434 e. The molecule has 2 N–H and O–H groups in total. The first-order valence-corrected chi connectivity index (χ1v) is 9.65. The van der Waals surface area contributed by atoms with E-state index < -0.39 is 74.7 Å². The summed E-state index contributed by atoms with van der Waals surface area (Å²) in [6, 6.07) is 1.03. The molecule has 35 heavy (non-hydrogen) atoms. The Kier molecular flexibility index (Phi) is 6.16. The predicted molar refractivity (Wildman–Crippen MR) is 108 cm³/mol. The van der Waals surface area contributed by atoms with Crippen molar-refractivity contribution < 1.29 is 40.7 Å². The number of hydrogen-bond acceptors (Lipinski definition) is 6. The Balaban J connectivity index is 2.28. The number of ether oxygens (including phenoxy) is 1. The number of nitrogens with zero attached hydrogens (tertiary/aromatic N) is 3. The Hall–Kier alpha value is -3.91. The van der Waals surface area contributed by atoms with Gasteiger partial charge in [0.2, 0.25) is 5.91 Å². The highest BCUT2D eigenvalue weighted by atomic mass is 19.4. The van der Waals surface area contributed by atoms with Gasteiger partial charge in [0.25, 0.3) is 5.56 Å². The molecule has 0 aliphatic rings. The van der Waals surface area contributed by atoms with E-state index in [9.17, 15) is 40.7 Å². The number of alkyl halides is 6. The van der Waals surface area contributed by atoms with Crippen LogP contribution in [0, 0.1) is 5.41 Å². The Morgan fingerprint density at radius 2 is 1.69 bits per heavy atom. The van der Waals surface area contributed by atoms with Crippen molar-refractivity contribution in [2.45, 2.75) is 33.1 Å². The van der Waals surface area contributed by atoms with Gasteiger partial charge in [-0.2, -0.15) is 26.3 Å². The number of hydrogen-bond donors (Lipinski definition) is 2. The standard InChI is InChI=1S/C20H17F6N5O4/c1-18(2,3)17(34)28-12-6-10(19(21,22)23)9(7-27-12)14-29-15(32)11-5-8(16(33)35-4)13(20(24,25)26)31(11)30-14/h5-7H,1-4H3,(H,27,28,34)(H,29,30,32). The minimum atomic E-state index is -5.22. The molecule has 0 aliphatic carbocycles. The quantitative estimate of drug-likeness (QED) is 0.412. The van der Waals surface area contributed by atoms with E-state index in [1.807, 2.05) is 4.98 Å². The molecule has 1 amide bonds. The second-order valence-corrected chi connectivity index (χ2v) is 8.31. The topological polar surface area (TPSA) is 118 Å². The molecule has 0 saturated heterocycles. The lowest BCUT2D eigenvalue weighted by atomic mass is 9.96. The molecule has 15 heteroatoms. The molecule has 3 aromatic heterocycles. The Morgan fingerprint density at radius 3 is 2.20 bits per heavy atom. The van der Waals surface area contributed by atoms with Gasteiger partial charge in [-0.15, -0.1) is 5.10 Å². The van der Waals surface area contributed by atoms with E-state index in [4.69, 9.17) is 0 Å². The number of aromatic amines is 1. The van der Waals surface area contributed by atoms with Gasteiger partial charge in [0.1, 0.15) is 11.3 Å². The van der Waals surface area contributed by atoms with Crippen LogP contribution in [0.4, 0.5) is 32.2 Å². The number of carbonyl (C=O) groups excluding carboxylic acids is 2. The van der Waals surface area contributed by atoms with Crippen molar-refractivity contribution >= 4 is 23.2 Å². The van der Waals surface area contributed by atoms with Crippen LogP contribution in [0.15, 0.2) is 23.1 Å². The first-order valence-electron chi connectivity index (χ1n) is 9.65. The zero-order chi connectivity index (χ0) is 26.5. The van der Waals surface area contributed by atoms with E-state index in [0.717, 1.165) is 7.11 Å².